The molecule has 0 aliphatic carbocycles. The van der Waals surface area contributed by atoms with Gasteiger partial charge in [-0.2, -0.15) is 0 Å². The largest absolute Gasteiger partial charge is 0.353 e. The Morgan fingerprint density at radius 2 is 1.53 bits per heavy atom. The van der Waals surface area contributed by atoms with Gasteiger partial charge in [-0.15, -0.1) is 0 Å². The summed E-state index contributed by atoms with van der Waals surface area (Å²) < 4.78 is 0. The van der Waals surface area contributed by atoms with E-state index in [2.05, 4.69) is 15.3 Å². The number of ketones is 1. The molecule has 0 radical (unpaired) electrons. The van der Waals surface area contributed by atoms with Gasteiger partial charge < -0.3 is 10.2 Å². The first kappa shape index (κ1) is 22.6. The molecule has 170 valence electrons. The van der Waals surface area contributed by atoms with Crippen molar-refractivity contribution in [2.75, 3.05) is 10.2 Å². The van der Waals surface area contributed by atoms with Gasteiger partial charge in [0.05, 0.1) is 4.92 Å². The smallest absolute Gasteiger partial charge is 0.342 e. The monoisotopic (exact) mass is 453 g/mol. The molecule has 0 spiro atoms. The van der Waals surface area contributed by atoms with Gasteiger partial charge in [-0.05, 0) is 30.2 Å². The minimum absolute atomic E-state index is 0.0572. The Bertz CT molecular complexity index is 1250. The zero-order valence-corrected chi connectivity index (χ0v) is 18.6. The van der Waals surface area contributed by atoms with E-state index in [1.807, 2.05) is 65.6 Å². The number of benzene rings is 3. The number of nitrogens with zero attached hydrogens (tertiary/aromatic N) is 4. The molecule has 4 rings (SSSR count). The topological polar surface area (TPSA) is 101 Å². The lowest BCUT2D eigenvalue weighted by Gasteiger charge is -2.24. The molecule has 0 fully saturated rings. The normalized spacial score (nSPS) is 10.5. The molecule has 0 bridgehead atoms. The summed E-state index contributed by atoms with van der Waals surface area (Å²) in [5, 5.41) is 15.2. The number of rotatable bonds is 9. The number of hydrogen-bond acceptors (Lipinski definition) is 7. The highest BCUT2D eigenvalue weighted by atomic mass is 16.6. The summed E-state index contributed by atoms with van der Waals surface area (Å²) in [6, 6.07) is 26.2. The second-order valence-electron chi connectivity index (χ2n) is 7.74. The second kappa shape index (κ2) is 10.4. The second-order valence-corrected chi connectivity index (χ2v) is 7.74. The van der Waals surface area contributed by atoms with Crippen molar-refractivity contribution in [2.24, 2.45) is 0 Å². The maximum absolute atomic E-state index is 12.2. The average molecular weight is 454 g/mol. The number of hydrogen-bond donors (Lipinski definition) is 1. The maximum Gasteiger partial charge on any atom is 0.353 e. The summed E-state index contributed by atoms with van der Waals surface area (Å²) in [5.41, 5.74) is 2.78. The number of Topliss-reactive ketones (excluding diaryl/α,β-unsaturated/α-hetero) is 1. The molecule has 0 atom stereocenters. The summed E-state index contributed by atoms with van der Waals surface area (Å²) in [7, 11) is 0. The quantitative estimate of drug-likeness (QED) is 0.202. The molecule has 0 amide bonds. The van der Waals surface area contributed by atoms with Crippen LogP contribution in [0.5, 0.6) is 0 Å². The molecule has 8 heteroatoms. The van der Waals surface area contributed by atoms with Crippen molar-refractivity contribution in [3.8, 4) is 0 Å². The Kier molecular flexibility index (Phi) is 6.88. The number of carbonyl (C=O) groups is 1. The molecule has 1 aromatic heterocycles. The SMILES string of the molecule is CC(=O)c1cccc(Nc2ncnc(N(Cc3ccccc3)Cc3ccccc3)c2[N+](=O)[O-])c1. The van der Waals surface area contributed by atoms with Crippen molar-refractivity contribution in [1.29, 1.82) is 0 Å². The minimum Gasteiger partial charge on any atom is -0.342 e. The van der Waals surface area contributed by atoms with E-state index in [0.29, 0.717) is 24.3 Å². The highest BCUT2D eigenvalue weighted by Gasteiger charge is 2.27. The zero-order valence-electron chi connectivity index (χ0n) is 18.6. The van der Waals surface area contributed by atoms with Gasteiger partial charge in [0.2, 0.25) is 11.6 Å². The van der Waals surface area contributed by atoms with E-state index in [9.17, 15) is 14.9 Å². The number of anilines is 3. The van der Waals surface area contributed by atoms with E-state index in [-0.39, 0.29) is 23.1 Å². The first-order valence-electron chi connectivity index (χ1n) is 10.7. The molecule has 0 aliphatic heterocycles. The predicted octanol–water partition coefficient (Wildman–Crippen LogP) is 5.54. The van der Waals surface area contributed by atoms with E-state index < -0.39 is 4.92 Å². The number of aromatic nitrogens is 2. The van der Waals surface area contributed by atoms with Gasteiger partial charge in [0.25, 0.3) is 0 Å². The molecule has 0 saturated carbocycles. The average Bonchev–Trinajstić information content (AvgIpc) is 2.85. The van der Waals surface area contributed by atoms with Crippen molar-refractivity contribution in [2.45, 2.75) is 20.0 Å². The maximum atomic E-state index is 12.2. The van der Waals surface area contributed by atoms with Crippen LogP contribution in [-0.4, -0.2) is 20.7 Å². The molecule has 8 nitrogen and oxygen atoms in total. The van der Waals surface area contributed by atoms with Crippen LogP contribution in [0.4, 0.5) is 23.0 Å². The molecule has 0 saturated heterocycles. The minimum atomic E-state index is -0.477. The summed E-state index contributed by atoms with van der Waals surface area (Å²) in [5.74, 6) is 0.165. The Morgan fingerprint density at radius 3 is 2.09 bits per heavy atom. The van der Waals surface area contributed by atoms with Crippen LogP contribution in [0.1, 0.15) is 28.4 Å². The molecule has 1 heterocycles. The molecule has 4 aromatic rings. The van der Waals surface area contributed by atoms with Gasteiger partial charge in [0.15, 0.2) is 5.78 Å². The van der Waals surface area contributed by atoms with Crippen molar-refractivity contribution in [3.05, 3.63) is 118 Å². The van der Waals surface area contributed by atoms with E-state index in [1.165, 1.54) is 13.3 Å². The van der Waals surface area contributed by atoms with E-state index in [4.69, 9.17) is 0 Å². The van der Waals surface area contributed by atoms with Crippen LogP contribution in [0, 0.1) is 10.1 Å². The lowest BCUT2D eigenvalue weighted by molar-refractivity contribution is -0.383. The fourth-order valence-electron chi connectivity index (χ4n) is 3.63. The van der Waals surface area contributed by atoms with Crippen LogP contribution in [0.25, 0.3) is 0 Å². The first-order valence-corrected chi connectivity index (χ1v) is 10.7. The van der Waals surface area contributed by atoms with Crippen molar-refractivity contribution < 1.29 is 9.72 Å². The molecule has 0 aliphatic rings. The number of carbonyl (C=O) groups excluding carboxylic acids is 1. The summed E-state index contributed by atoms with van der Waals surface area (Å²) in [4.78, 5) is 33.8. The Balaban J connectivity index is 1.75. The lowest BCUT2D eigenvalue weighted by atomic mass is 10.1. The molecule has 3 aromatic carbocycles. The third kappa shape index (κ3) is 5.42. The fourth-order valence-corrected chi connectivity index (χ4v) is 3.63. The summed E-state index contributed by atoms with van der Waals surface area (Å²) >= 11 is 0. The standard InChI is InChI=1S/C26H23N5O3/c1-19(32)22-13-8-14-23(15-22)29-25-24(31(33)34)26(28-18-27-25)30(16-20-9-4-2-5-10-20)17-21-11-6-3-7-12-21/h2-15,18H,16-17H2,1H3,(H,27,28,29). The van der Waals surface area contributed by atoms with Crippen LogP contribution >= 0.6 is 0 Å². The fraction of sp³-hybridized carbons (Fsp3) is 0.115. The Hall–Kier alpha value is -4.59. The Labute approximate surface area is 197 Å². The number of nitro groups is 1. The first-order chi connectivity index (χ1) is 16.5. The van der Waals surface area contributed by atoms with Crippen LogP contribution in [0.15, 0.2) is 91.3 Å². The molecule has 0 unspecified atom stereocenters. The highest BCUT2D eigenvalue weighted by molar-refractivity contribution is 5.95. The van der Waals surface area contributed by atoms with E-state index in [0.717, 1.165) is 11.1 Å². The van der Waals surface area contributed by atoms with Gasteiger partial charge >= 0.3 is 5.69 Å². The highest BCUT2D eigenvalue weighted by Crippen LogP contribution is 2.35. The van der Waals surface area contributed by atoms with Crippen LogP contribution < -0.4 is 10.2 Å². The van der Waals surface area contributed by atoms with Gasteiger partial charge in [-0.25, -0.2) is 9.97 Å². The van der Waals surface area contributed by atoms with Crippen LogP contribution in [-0.2, 0) is 13.1 Å². The Morgan fingerprint density at radius 1 is 0.912 bits per heavy atom. The van der Waals surface area contributed by atoms with Gasteiger partial charge in [-0.3, -0.25) is 14.9 Å². The van der Waals surface area contributed by atoms with Gasteiger partial charge in [-0.1, -0.05) is 72.8 Å². The summed E-state index contributed by atoms with van der Waals surface area (Å²) in [6.45, 7) is 2.31. The zero-order chi connectivity index (χ0) is 23.9. The van der Waals surface area contributed by atoms with Crippen molar-refractivity contribution >= 4 is 28.8 Å². The van der Waals surface area contributed by atoms with Gasteiger partial charge in [0, 0.05) is 24.3 Å². The molecule has 1 N–H and O–H groups in total. The van der Waals surface area contributed by atoms with Crippen molar-refractivity contribution in [3.63, 3.8) is 0 Å². The predicted molar refractivity (Wildman–Crippen MR) is 131 cm³/mol. The third-order valence-electron chi connectivity index (χ3n) is 5.25. The van der Waals surface area contributed by atoms with Crippen molar-refractivity contribution in [1.82, 2.24) is 9.97 Å². The molecular weight excluding hydrogens is 430 g/mol. The van der Waals surface area contributed by atoms with Crippen LogP contribution in [0.3, 0.4) is 0 Å². The molecular formula is C26H23N5O3. The molecule has 34 heavy (non-hydrogen) atoms. The lowest BCUT2D eigenvalue weighted by Crippen LogP contribution is -2.24. The van der Waals surface area contributed by atoms with E-state index in [1.54, 1.807) is 24.3 Å². The third-order valence-corrected chi connectivity index (χ3v) is 5.25. The van der Waals surface area contributed by atoms with Gasteiger partial charge in [0.1, 0.15) is 6.33 Å². The van der Waals surface area contributed by atoms with Crippen LogP contribution in [0.2, 0.25) is 0 Å². The van der Waals surface area contributed by atoms with E-state index >= 15 is 0 Å². The summed E-state index contributed by atoms with van der Waals surface area (Å²) in [6.07, 6.45) is 1.31. The number of nitrogens with one attached hydrogen (secondary N) is 1.